The van der Waals surface area contributed by atoms with Gasteiger partial charge in [0.05, 0.1) is 39.9 Å². The van der Waals surface area contributed by atoms with Crippen molar-refractivity contribution in [3.8, 4) is 0 Å². The van der Waals surface area contributed by atoms with Gasteiger partial charge < -0.3 is 59.0 Å². The molecule has 0 fully saturated rings. The number of esters is 5. The number of nitrogens with one attached hydrogen (secondary N) is 2. The van der Waals surface area contributed by atoms with Crippen LogP contribution in [-0.2, 0) is 79.2 Å². The Labute approximate surface area is 542 Å². The number of para-hydroxylation sites is 2. The Morgan fingerprint density at radius 1 is 0.467 bits per heavy atom. The van der Waals surface area contributed by atoms with Crippen LogP contribution in [0.5, 0.6) is 0 Å². The van der Waals surface area contributed by atoms with Crippen LogP contribution in [0.4, 0.5) is 11.4 Å². The molecule has 7 N–H and O–H groups in total. The highest BCUT2D eigenvalue weighted by Gasteiger charge is 2.52. The van der Waals surface area contributed by atoms with Crippen LogP contribution >= 0.6 is 30.4 Å². The molecule has 522 valence electrons. The van der Waals surface area contributed by atoms with Gasteiger partial charge in [-0.3, -0.25) is 55.5 Å². The van der Waals surface area contributed by atoms with Crippen molar-refractivity contribution in [1.29, 1.82) is 0 Å². The zero-order chi connectivity index (χ0) is 70.0. The Morgan fingerprint density at radius 2 is 0.761 bits per heavy atom. The lowest BCUT2D eigenvalue weighted by molar-refractivity contribution is -0.163. The first kappa shape index (κ1) is 86.4. The van der Waals surface area contributed by atoms with E-state index in [9.17, 15) is 37.9 Å². The fraction of sp³-hybridized carbons (Fsp3) is 0.581. The summed E-state index contributed by atoms with van der Waals surface area (Å²) >= 11 is 0. The van der Waals surface area contributed by atoms with Gasteiger partial charge in [-0.2, -0.15) is 0 Å². The second kappa shape index (κ2) is 38.7. The molecule has 2 aromatic rings. The lowest BCUT2D eigenvalue weighted by Gasteiger charge is -2.31. The first-order valence-electron chi connectivity index (χ1n) is 28.9. The molecule has 0 amide bonds. The van der Waals surface area contributed by atoms with Gasteiger partial charge in [0.15, 0.2) is 10.8 Å². The molecule has 30 heteroatoms. The molecule has 0 aliphatic carbocycles. The summed E-state index contributed by atoms with van der Waals surface area (Å²) in [5.41, 5.74) is 1.12. The van der Waals surface area contributed by atoms with Crippen LogP contribution in [0.15, 0.2) is 95.1 Å². The zero-order valence-electron chi connectivity index (χ0n) is 55.3. The monoisotopic (exact) mass is 1380 g/mol. The van der Waals surface area contributed by atoms with Gasteiger partial charge in [-0.15, -0.1) is 0 Å². The molecule has 0 aliphatic heterocycles. The number of hydrogen-bond donors (Lipinski definition) is 7. The van der Waals surface area contributed by atoms with E-state index in [1.165, 1.54) is 19.3 Å². The Morgan fingerprint density at radius 3 is 1.05 bits per heavy atom. The molecule has 0 bridgehead atoms. The molecule has 0 radical (unpaired) electrons. The summed E-state index contributed by atoms with van der Waals surface area (Å²) in [6, 6.07) is 13.6. The number of carboxylic acid groups (broad SMARTS) is 1. The number of carbonyl (C=O) groups excluding carboxylic acids is 5. The summed E-state index contributed by atoms with van der Waals surface area (Å²) in [6.45, 7) is 23.3. The number of aromatic carboxylic acids is 1. The summed E-state index contributed by atoms with van der Waals surface area (Å²) in [6.07, 6.45) is 8.31. The number of carboxylic acids is 1. The van der Waals surface area contributed by atoms with E-state index in [4.69, 9.17) is 66.5 Å². The van der Waals surface area contributed by atoms with Crippen LogP contribution in [0.1, 0.15) is 177 Å². The van der Waals surface area contributed by atoms with Crippen LogP contribution in [0, 0.1) is 21.7 Å². The fourth-order valence-electron chi connectivity index (χ4n) is 7.07. The van der Waals surface area contributed by atoms with Gasteiger partial charge >= 0.3 is 66.2 Å². The second-order valence-electron chi connectivity index (χ2n) is 25.3. The van der Waals surface area contributed by atoms with E-state index in [1.807, 2.05) is 26.0 Å². The standard InChI is InChI=1S/C43H69NO16P2.C18H27NO8P2.CH4/c1-30(19-18-20-31(2)25-44-33-22-17-16-21-32(33)35(45)52-15)23-24-34(61(50,57-26-53-36(46)40(3,4)5)58-27-54-37(47)41(6,7)8)62(51,59-28-55-38(48)42(9,10)11)60-29-56-39(49)43(12,13)14;1-13(10-11-17(28(22,23)24)29(25,26)27)6-5-7-14(2)12-19-16-9-4-3-8-15(16)18(20)21;/h16-17,20-23,34,44H,18-19,24-29H2,1-15H3;3-4,7-10,17,19H,5-6,11-12H2,1-2H3,(H,20,21)(H2,22,23,24)(H2,25,26,27);1H4/b30-23+,31-20+;13-10+,14-7+;. The predicted octanol–water partition coefficient (Wildman–Crippen LogP) is 14.1. The van der Waals surface area contributed by atoms with Gasteiger partial charge in [-0.05, 0) is 174 Å². The molecule has 2 rings (SSSR count). The average Bonchev–Trinajstić information content (AvgIpc) is 0.787. The maximum atomic E-state index is 15.1. The van der Waals surface area contributed by atoms with Crippen molar-refractivity contribution in [1.82, 2.24) is 0 Å². The summed E-state index contributed by atoms with van der Waals surface area (Å²) in [4.78, 5) is 111. The van der Waals surface area contributed by atoms with E-state index in [1.54, 1.807) is 145 Å². The smallest absolute Gasteiger partial charge is 0.351 e. The van der Waals surface area contributed by atoms with Crippen LogP contribution in [0.3, 0.4) is 0 Å². The molecule has 0 aromatic heterocycles. The predicted molar refractivity (Wildman–Crippen MR) is 350 cm³/mol. The lowest BCUT2D eigenvalue weighted by Crippen LogP contribution is -2.28. The minimum Gasteiger partial charge on any atom is -0.478 e. The minimum absolute atomic E-state index is 0. The number of methoxy groups -OCH3 is 1. The van der Waals surface area contributed by atoms with Gasteiger partial charge in [-0.1, -0.05) is 78.3 Å². The Balaban J connectivity index is 0.00000230. The molecule has 0 atom stereocenters. The zero-order valence-corrected chi connectivity index (χ0v) is 58.9. The number of carbonyl (C=O) groups is 6. The molecule has 0 spiro atoms. The van der Waals surface area contributed by atoms with E-state index >= 15 is 9.13 Å². The highest BCUT2D eigenvalue weighted by Crippen LogP contribution is 2.72. The molecule has 0 heterocycles. The van der Waals surface area contributed by atoms with Crippen LogP contribution in [0.2, 0.25) is 0 Å². The minimum atomic E-state index is -4.96. The number of benzene rings is 2. The van der Waals surface area contributed by atoms with E-state index in [2.05, 4.69) is 10.6 Å². The highest BCUT2D eigenvalue weighted by atomic mass is 31.2. The summed E-state index contributed by atoms with van der Waals surface area (Å²) in [7, 11) is -18.4. The quantitative estimate of drug-likeness (QED) is 0.0112. The Hall–Kier alpha value is -5.58. The molecule has 92 heavy (non-hydrogen) atoms. The summed E-state index contributed by atoms with van der Waals surface area (Å²) in [5.74, 6) is -4.43. The number of ether oxygens (including phenoxy) is 5. The molecule has 0 saturated heterocycles. The number of hydrogen-bond acceptors (Lipinski definition) is 21. The molecule has 0 saturated carbocycles. The van der Waals surface area contributed by atoms with Crippen molar-refractivity contribution < 1.29 is 113 Å². The third kappa shape index (κ3) is 32.5. The molecular weight excluding hydrogens is 1280 g/mol. The first-order valence-corrected chi connectivity index (χ1v) is 35.4. The van der Waals surface area contributed by atoms with E-state index in [-0.39, 0.29) is 13.0 Å². The second-order valence-corrected chi connectivity index (χ2v) is 34.1. The largest absolute Gasteiger partial charge is 0.478 e. The van der Waals surface area contributed by atoms with Gasteiger partial charge in [0, 0.05) is 24.5 Å². The van der Waals surface area contributed by atoms with Crippen molar-refractivity contribution in [3.63, 3.8) is 0 Å². The molecule has 0 aliphatic rings. The van der Waals surface area contributed by atoms with Gasteiger partial charge in [0.25, 0.3) is 0 Å². The number of anilines is 2. The summed E-state index contributed by atoms with van der Waals surface area (Å²) in [5, 5.41) is 11.5. The number of allylic oxidation sites excluding steroid dienone is 6. The van der Waals surface area contributed by atoms with Crippen molar-refractivity contribution >= 4 is 77.6 Å². The van der Waals surface area contributed by atoms with Crippen LogP contribution < -0.4 is 10.6 Å². The maximum Gasteiger partial charge on any atom is 0.351 e. The Bertz CT molecular complexity index is 2920. The topological polar surface area (TPSA) is 379 Å². The molecule has 2 aromatic carbocycles. The van der Waals surface area contributed by atoms with E-state index in [0.717, 1.165) is 22.3 Å². The Kier molecular flexibility index (Phi) is 36.4. The third-order valence-corrected chi connectivity index (χ3v) is 21.9. The number of rotatable bonds is 34. The molecule has 26 nitrogen and oxygen atoms in total. The highest BCUT2D eigenvalue weighted by molar-refractivity contribution is 7.72. The van der Waals surface area contributed by atoms with E-state index in [0.29, 0.717) is 55.7 Å². The van der Waals surface area contributed by atoms with Gasteiger partial charge in [-0.25, -0.2) is 9.59 Å². The van der Waals surface area contributed by atoms with Crippen molar-refractivity contribution in [3.05, 3.63) is 106 Å². The van der Waals surface area contributed by atoms with Crippen LogP contribution in [-0.4, -0.2) is 119 Å². The van der Waals surface area contributed by atoms with Gasteiger partial charge in [0.2, 0.25) is 27.2 Å². The molecular formula is C62H100N2O24P4. The van der Waals surface area contributed by atoms with Crippen molar-refractivity contribution in [2.75, 3.05) is 58.0 Å². The van der Waals surface area contributed by atoms with Crippen LogP contribution in [0.25, 0.3) is 0 Å². The summed E-state index contributed by atoms with van der Waals surface area (Å²) < 4.78 is 101. The fourth-order valence-corrected chi connectivity index (χ4v) is 13.9. The third-order valence-electron chi connectivity index (χ3n) is 12.7. The maximum absolute atomic E-state index is 15.1. The first-order chi connectivity index (χ1) is 41.7. The normalized spacial score (nSPS) is 13.3. The lowest BCUT2D eigenvalue weighted by atomic mass is 9.98. The van der Waals surface area contributed by atoms with Crippen molar-refractivity contribution in [2.24, 2.45) is 21.7 Å². The molecule has 0 unspecified atom stereocenters. The van der Waals surface area contributed by atoms with Crippen molar-refractivity contribution in [2.45, 2.75) is 168 Å². The van der Waals surface area contributed by atoms with E-state index < -0.39 is 139 Å². The average molecular weight is 1380 g/mol. The SMILES string of the molecule is C.C/C(=C\CC(P(=O)(O)O)P(=O)(O)O)CC/C=C(\C)CNc1ccccc1C(=O)O.COC(=O)c1ccccc1NC/C(C)=C/CC/C(C)=C/CC(P(=O)(OCOC(=O)C(C)(C)C)OCOC(=O)C(C)(C)C)P(=O)(OCOC(=O)C(C)(C)C)OCOC(=O)C(C)(C)C. The van der Waals surface area contributed by atoms with Gasteiger partial charge in [0.1, 0.15) is 0 Å².